The second kappa shape index (κ2) is 13.7. The number of hydrogen-bond acceptors (Lipinski definition) is 1. The molecule has 0 radical (unpaired) electrons. The van der Waals surface area contributed by atoms with Gasteiger partial charge in [0.1, 0.15) is 12.4 Å². The first-order chi connectivity index (χ1) is 20.8. The van der Waals surface area contributed by atoms with Gasteiger partial charge >= 0.3 is 0 Å². The van der Waals surface area contributed by atoms with E-state index in [1.165, 1.54) is 75.1 Å². The summed E-state index contributed by atoms with van der Waals surface area (Å²) in [6.45, 7) is 1.80. The molecule has 0 amide bonds. The summed E-state index contributed by atoms with van der Waals surface area (Å²) in [6.07, 6.45) is 10.3. The Morgan fingerprint density at radius 2 is 1.21 bits per heavy atom. The van der Waals surface area contributed by atoms with Crippen LogP contribution in [0.4, 0.5) is 26.3 Å². The van der Waals surface area contributed by atoms with Gasteiger partial charge in [0, 0.05) is 5.56 Å². The van der Waals surface area contributed by atoms with E-state index in [0.717, 1.165) is 17.0 Å². The van der Waals surface area contributed by atoms with E-state index < -0.39 is 47.3 Å². The van der Waals surface area contributed by atoms with Crippen molar-refractivity contribution in [1.29, 1.82) is 0 Å². The van der Waals surface area contributed by atoms with E-state index in [0.29, 0.717) is 22.6 Å². The molecule has 1 fully saturated rings. The smallest absolute Gasteiger partial charge is 0.207 e. The number of rotatable bonds is 10. The quantitative estimate of drug-likeness (QED) is 0.0766. The van der Waals surface area contributed by atoms with E-state index in [4.69, 9.17) is 4.74 Å². The summed E-state index contributed by atoms with van der Waals surface area (Å²) in [7, 11) is 0. The Labute approximate surface area is 248 Å². The second-order valence-corrected chi connectivity index (χ2v) is 11.4. The Morgan fingerprint density at radius 1 is 0.628 bits per heavy atom. The minimum Gasteiger partial charge on any atom is -0.483 e. The van der Waals surface area contributed by atoms with Gasteiger partial charge in [0.05, 0.1) is 0 Å². The zero-order valence-corrected chi connectivity index (χ0v) is 24.0. The average Bonchev–Trinajstić information content (AvgIpc) is 3.04. The Kier molecular flexibility index (Phi) is 9.79. The van der Waals surface area contributed by atoms with Crippen LogP contribution in [0.2, 0.25) is 0 Å². The lowest BCUT2D eigenvalue weighted by molar-refractivity contribution is 0.253. The van der Waals surface area contributed by atoms with Crippen molar-refractivity contribution in [2.75, 3.05) is 0 Å². The fourth-order valence-corrected chi connectivity index (χ4v) is 5.99. The molecule has 1 aliphatic carbocycles. The fraction of sp³-hybridized carbons (Fsp3) is 0.333. The van der Waals surface area contributed by atoms with Gasteiger partial charge in [-0.25, -0.2) is 17.6 Å². The maximum Gasteiger partial charge on any atom is 0.207 e. The van der Waals surface area contributed by atoms with Gasteiger partial charge in [-0.15, -0.1) is 0 Å². The van der Waals surface area contributed by atoms with E-state index in [1.807, 2.05) is 6.07 Å². The number of benzene rings is 4. The fourth-order valence-electron chi connectivity index (χ4n) is 5.99. The molecule has 226 valence electrons. The van der Waals surface area contributed by atoms with E-state index in [9.17, 15) is 22.0 Å². The third-order valence-corrected chi connectivity index (χ3v) is 8.56. The van der Waals surface area contributed by atoms with Crippen molar-refractivity contribution in [3.05, 3.63) is 113 Å². The first-order valence-electron chi connectivity index (χ1n) is 14.9. The molecule has 5 rings (SSSR count). The van der Waals surface area contributed by atoms with Crippen molar-refractivity contribution in [3.8, 4) is 28.0 Å². The molecule has 0 spiro atoms. The van der Waals surface area contributed by atoms with Crippen LogP contribution in [0.15, 0.2) is 66.7 Å². The van der Waals surface area contributed by atoms with Crippen LogP contribution in [0.3, 0.4) is 0 Å². The third-order valence-electron chi connectivity index (χ3n) is 8.56. The highest BCUT2D eigenvalue weighted by Gasteiger charge is 2.27. The Hall–Kier alpha value is -3.74. The molecule has 0 bridgehead atoms. The lowest BCUT2D eigenvalue weighted by atomic mass is 9.77. The van der Waals surface area contributed by atoms with Crippen LogP contribution in [-0.4, -0.2) is 0 Å². The molecule has 43 heavy (non-hydrogen) atoms. The van der Waals surface area contributed by atoms with Crippen molar-refractivity contribution < 1.29 is 31.1 Å². The Balaban J connectivity index is 1.21. The van der Waals surface area contributed by atoms with Crippen molar-refractivity contribution in [1.82, 2.24) is 0 Å². The standard InChI is InChI=1S/C36H34F6O/c1-2-3-4-5-22-6-10-24(11-7-22)25-14-16-26(17-15-25)28-18-19-29(30(37)20-28)27-12-8-23(9-13-27)21-43-36-34(41)32(39)31(38)33(40)35(36)42/h8-9,12-20,22,24H,2-7,10-11,21H2,1H3. The zero-order valence-electron chi connectivity index (χ0n) is 24.0. The minimum absolute atomic E-state index is 0.364. The van der Waals surface area contributed by atoms with E-state index in [2.05, 4.69) is 31.2 Å². The normalized spacial score (nSPS) is 16.8. The molecule has 1 aliphatic rings. The van der Waals surface area contributed by atoms with Crippen LogP contribution < -0.4 is 4.74 Å². The summed E-state index contributed by atoms with van der Waals surface area (Å²) in [4.78, 5) is 0. The van der Waals surface area contributed by atoms with E-state index in [1.54, 1.807) is 18.2 Å². The maximum atomic E-state index is 15.2. The topological polar surface area (TPSA) is 9.23 Å². The predicted molar refractivity (Wildman–Crippen MR) is 157 cm³/mol. The molecule has 0 N–H and O–H groups in total. The van der Waals surface area contributed by atoms with Gasteiger partial charge in [0.2, 0.25) is 29.1 Å². The molecule has 1 saturated carbocycles. The molecular weight excluding hydrogens is 562 g/mol. The third kappa shape index (κ3) is 6.92. The summed E-state index contributed by atoms with van der Waals surface area (Å²) in [5.74, 6) is -10.8. The van der Waals surface area contributed by atoms with Gasteiger partial charge in [-0.05, 0) is 71.4 Å². The zero-order chi connectivity index (χ0) is 30.5. The molecule has 0 saturated heterocycles. The largest absolute Gasteiger partial charge is 0.483 e. The van der Waals surface area contributed by atoms with E-state index >= 15 is 4.39 Å². The summed E-state index contributed by atoms with van der Waals surface area (Å²) >= 11 is 0. The van der Waals surface area contributed by atoms with Crippen LogP contribution in [0, 0.1) is 40.8 Å². The minimum atomic E-state index is -2.25. The average molecular weight is 597 g/mol. The highest BCUT2D eigenvalue weighted by molar-refractivity contribution is 5.71. The molecule has 7 heteroatoms. The summed E-state index contributed by atoms with van der Waals surface area (Å²) in [6, 6.07) is 19.7. The van der Waals surface area contributed by atoms with Gasteiger partial charge in [0.15, 0.2) is 5.75 Å². The van der Waals surface area contributed by atoms with Gasteiger partial charge in [-0.3, -0.25) is 0 Å². The predicted octanol–water partition coefficient (Wildman–Crippen LogP) is 11.3. The lowest BCUT2D eigenvalue weighted by Crippen LogP contribution is -2.13. The van der Waals surface area contributed by atoms with Crippen molar-refractivity contribution >= 4 is 0 Å². The molecular formula is C36H34F6O. The maximum absolute atomic E-state index is 15.2. The Morgan fingerprint density at radius 3 is 1.81 bits per heavy atom. The van der Waals surface area contributed by atoms with Crippen LogP contribution in [0.25, 0.3) is 22.3 Å². The van der Waals surface area contributed by atoms with Gasteiger partial charge in [0.25, 0.3) is 0 Å². The van der Waals surface area contributed by atoms with Gasteiger partial charge < -0.3 is 4.74 Å². The molecule has 0 unspecified atom stereocenters. The Bertz CT molecular complexity index is 1510. The summed E-state index contributed by atoms with van der Waals surface area (Å²) in [5.41, 5.74) is 4.36. The molecule has 1 nitrogen and oxygen atoms in total. The van der Waals surface area contributed by atoms with Crippen LogP contribution >= 0.6 is 0 Å². The summed E-state index contributed by atoms with van der Waals surface area (Å²) < 4.78 is 87.9. The number of halogens is 6. The van der Waals surface area contributed by atoms with Crippen LogP contribution in [0.5, 0.6) is 5.75 Å². The van der Waals surface area contributed by atoms with Crippen molar-refractivity contribution in [2.24, 2.45) is 5.92 Å². The monoisotopic (exact) mass is 596 g/mol. The molecule has 0 aliphatic heterocycles. The SMILES string of the molecule is CCCCCC1CCC(c2ccc(-c3ccc(-c4ccc(COc5c(F)c(F)c(F)c(F)c5F)cc4)c(F)c3)cc2)CC1. The molecule has 4 aromatic rings. The lowest BCUT2D eigenvalue weighted by Gasteiger charge is -2.29. The summed E-state index contributed by atoms with van der Waals surface area (Å²) in [5, 5.41) is 0. The first kappa shape index (κ1) is 30.7. The van der Waals surface area contributed by atoms with Crippen molar-refractivity contribution in [3.63, 3.8) is 0 Å². The second-order valence-electron chi connectivity index (χ2n) is 11.4. The number of ether oxygens (including phenoxy) is 1. The number of hydrogen-bond donors (Lipinski definition) is 0. The highest BCUT2D eigenvalue weighted by Crippen LogP contribution is 2.38. The van der Waals surface area contributed by atoms with Crippen LogP contribution in [-0.2, 0) is 6.61 Å². The number of unbranched alkanes of at least 4 members (excludes halogenated alkanes) is 2. The first-order valence-corrected chi connectivity index (χ1v) is 14.9. The van der Waals surface area contributed by atoms with E-state index in [-0.39, 0.29) is 0 Å². The molecule has 0 heterocycles. The van der Waals surface area contributed by atoms with Crippen LogP contribution in [0.1, 0.15) is 75.3 Å². The van der Waals surface area contributed by atoms with Crippen molar-refractivity contribution in [2.45, 2.75) is 70.8 Å². The molecule has 0 aromatic heterocycles. The van der Waals surface area contributed by atoms with Gasteiger partial charge in [-0.2, -0.15) is 8.78 Å². The highest BCUT2D eigenvalue weighted by atomic mass is 19.2. The molecule has 4 aromatic carbocycles. The van der Waals surface area contributed by atoms with Gasteiger partial charge in [-0.1, -0.05) is 93.3 Å². The molecule has 0 atom stereocenters.